The maximum Gasteiger partial charge on any atom is 0.186 e. The van der Waals surface area contributed by atoms with Gasteiger partial charge in [-0.2, -0.15) is 0 Å². The van der Waals surface area contributed by atoms with Crippen LogP contribution in [0.4, 0.5) is 0 Å². The van der Waals surface area contributed by atoms with Gasteiger partial charge >= 0.3 is 0 Å². The van der Waals surface area contributed by atoms with Crippen molar-refractivity contribution in [2.24, 2.45) is 0 Å². The molecule has 2 heteroatoms. The Morgan fingerprint density at radius 2 is 1.17 bits per heavy atom. The van der Waals surface area contributed by atoms with Crippen molar-refractivity contribution in [1.29, 1.82) is 0 Å². The highest BCUT2D eigenvalue weighted by Crippen LogP contribution is 2.27. The third-order valence-electron chi connectivity index (χ3n) is 3.69. The van der Waals surface area contributed by atoms with Gasteiger partial charge in [-0.15, -0.1) is 0 Å². The molecule has 0 radical (unpaired) electrons. The lowest BCUT2D eigenvalue weighted by atomic mass is 9.84. The molecule has 124 valence electrons. The van der Waals surface area contributed by atoms with Crippen molar-refractivity contribution in [1.82, 2.24) is 0 Å². The standard InChI is InChI=1S/C21H28O2/c1-14(2)7-10-17-13-20(22)18(11-8-15(3)4)19(21(17)23)12-9-16(5)6/h7-9,13H,10-12H2,1-6H3. The first kappa shape index (κ1) is 19.1. The van der Waals surface area contributed by atoms with Gasteiger partial charge in [0.15, 0.2) is 11.6 Å². The number of hydrogen-bond acceptors (Lipinski definition) is 2. The molecule has 1 aliphatic carbocycles. The first-order chi connectivity index (χ1) is 10.7. The number of allylic oxidation sites excluding steroid dienone is 10. The van der Waals surface area contributed by atoms with E-state index >= 15 is 0 Å². The molecule has 1 rings (SSSR count). The minimum atomic E-state index is -0.0172. The highest BCUT2D eigenvalue weighted by Gasteiger charge is 2.26. The first-order valence-electron chi connectivity index (χ1n) is 8.14. The van der Waals surface area contributed by atoms with Gasteiger partial charge in [0.1, 0.15) is 0 Å². The van der Waals surface area contributed by atoms with E-state index in [0.717, 1.165) is 16.7 Å². The summed E-state index contributed by atoms with van der Waals surface area (Å²) in [6, 6.07) is 0. The summed E-state index contributed by atoms with van der Waals surface area (Å²) in [5, 5.41) is 0. The second-order valence-corrected chi connectivity index (χ2v) is 6.78. The molecule has 0 spiro atoms. The highest BCUT2D eigenvalue weighted by molar-refractivity contribution is 6.23. The lowest BCUT2D eigenvalue weighted by Gasteiger charge is -2.17. The fourth-order valence-electron chi connectivity index (χ4n) is 2.31. The van der Waals surface area contributed by atoms with Crippen LogP contribution >= 0.6 is 0 Å². The van der Waals surface area contributed by atoms with Crippen LogP contribution in [-0.4, -0.2) is 11.6 Å². The van der Waals surface area contributed by atoms with Gasteiger partial charge in [-0.3, -0.25) is 9.59 Å². The van der Waals surface area contributed by atoms with Crippen LogP contribution < -0.4 is 0 Å². The van der Waals surface area contributed by atoms with Crippen molar-refractivity contribution in [3.63, 3.8) is 0 Å². The van der Waals surface area contributed by atoms with E-state index in [1.165, 1.54) is 6.08 Å². The Kier molecular flexibility index (Phi) is 7.15. The molecule has 0 unspecified atom stereocenters. The molecule has 2 nitrogen and oxygen atoms in total. The first-order valence-corrected chi connectivity index (χ1v) is 8.14. The predicted molar refractivity (Wildman–Crippen MR) is 97.3 cm³/mol. The fourth-order valence-corrected chi connectivity index (χ4v) is 2.31. The summed E-state index contributed by atoms with van der Waals surface area (Å²) in [5.74, 6) is 0.00756. The lowest BCUT2D eigenvalue weighted by Crippen LogP contribution is -2.19. The Balaban J connectivity index is 3.21. The van der Waals surface area contributed by atoms with Gasteiger partial charge < -0.3 is 0 Å². The monoisotopic (exact) mass is 312 g/mol. The maximum atomic E-state index is 12.8. The molecular weight excluding hydrogens is 284 g/mol. The molecule has 0 saturated heterocycles. The second-order valence-electron chi connectivity index (χ2n) is 6.78. The predicted octanol–water partition coefficient (Wildman–Crippen LogP) is 5.43. The van der Waals surface area contributed by atoms with E-state index < -0.39 is 0 Å². The van der Waals surface area contributed by atoms with E-state index in [9.17, 15) is 9.59 Å². The highest BCUT2D eigenvalue weighted by atomic mass is 16.1. The molecule has 0 aromatic rings. The summed E-state index contributed by atoms with van der Waals surface area (Å²) < 4.78 is 0. The van der Waals surface area contributed by atoms with Crippen molar-refractivity contribution < 1.29 is 9.59 Å². The quantitative estimate of drug-likeness (QED) is 0.484. The van der Waals surface area contributed by atoms with Crippen LogP contribution in [0.3, 0.4) is 0 Å². The summed E-state index contributed by atoms with van der Waals surface area (Å²) in [4.78, 5) is 25.3. The molecule has 0 aromatic carbocycles. The van der Waals surface area contributed by atoms with Gasteiger partial charge in [-0.25, -0.2) is 0 Å². The van der Waals surface area contributed by atoms with E-state index in [1.807, 2.05) is 59.8 Å². The maximum absolute atomic E-state index is 12.8. The molecule has 0 atom stereocenters. The van der Waals surface area contributed by atoms with Gasteiger partial charge in [0.05, 0.1) is 0 Å². The molecule has 0 heterocycles. The zero-order chi connectivity index (χ0) is 17.6. The minimum absolute atomic E-state index is 0.0172. The summed E-state index contributed by atoms with van der Waals surface area (Å²) in [6.45, 7) is 12.0. The van der Waals surface area contributed by atoms with Gasteiger partial charge in [0.2, 0.25) is 0 Å². The molecule has 23 heavy (non-hydrogen) atoms. The number of carbonyl (C=O) groups excluding carboxylic acids is 2. The Hall–Kier alpha value is -1.96. The third kappa shape index (κ3) is 5.97. The molecule has 0 fully saturated rings. The van der Waals surface area contributed by atoms with Crippen LogP contribution in [-0.2, 0) is 9.59 Å². The summed E-state index contributed by atoms with van der Waals surface area (Å²) in [7, 11) is 0. The topological polar surface area (TPSA) is 34.1 Å². The van der Waals surface area contributed by atoms with Crippen LogP contribution in [0, 0.1) is 0 Å². The van der Waals surface area contributed by atoms with E-state index in [4.69, 9.17) is 0 Å². The van der Waals surface area contributed by atoms with Crippen LogP contribution in [0.25, 0.3) is 0 Å². The number of Topliss-reactive ketones (excluding diaryl/α,β-unsaturated/α-hetero) is 1. The Morgan fingerprint density at radius 1 is 0.739 bits per heavy atom. The SMILES string of the molecule is CC(C)=CCC1=CC(=O)C(CC=C(C)C)=C(CC=C(C)C)C1=O. The van der Waals surface area contributed by atoms with Crippen LogP contribution in [0.1, 0.15) is 60.8 Å². The minimum Gasteiger partial charge on any atom is -0.290 e. The van der Waals surface area contributed by atoms with E-state index in [2.05, 4.69) is 0 Å². The molecule has 0 aliphatic heterocycles. The third-order valence-corrected chi connectivity index (χ3v) is 3.69. The van der Waals surface area contributed by atoms with Gasteiger partial charge in [0, 0.05) is 16.7 Å². The van der Waals surface area contributed by atoms with Crippen molar-refractivity contribution in [2.75, 3.05) is 0 Å². The zero-order valence-electron chi connectivity index (χ0n) is 15.2. The molecule has 0 N–H and O–H groups in total. The normalized spacial score (nSPS) is 14.4. The van der Waals surface area contributed by atoms with Crippen molar-refractivity contribution >= 4 is 11.6 Å². The molecular formula is C21H28O2. The van der Waals surface area contributed by atoms with E-state index in [1.54, 1.807) is 0 Å². The molecule has 0 saturated carbocycles. The summed E-state index contributed by atoms with van der Waals surface area (Å²) in [5.41, 5.74) is 5.37. The number of ketones is 2. The fraction of sp³-hybridized carbons (Fsp3) is 0.429. The van der Waals surface area contributed by atoms with Crippen LogP contribution in [0.2, 0.25) is 0 Å². The molecule has 1 aliphatic rings. The average molecular weight is 312 g/mol. The van der Waals surface area contributed by atoms with Crippen molar-refractivity contribution in [3.8, 4) is 0 Å². The largest absolute Gasteiger partial charge is 0.290 e. The molecule has 0 aromatic heterocycles. The number of hydrogen-bond donors (Lipinski definition) is 0. The Labute approximate surface area is 140 Å². The zero-order valence-corrected chi connectivity index (χ0v) is 15.2. The van der Waals surface area contributed by atoms with Crippen LogP contribution in [0.15, 0.2) is 57.7 Å². The van der Waals surface area contributed by atoms with Crippen LogP contribution in [0.5, 0.6) is 0 Å². The Bertz CT molecular complexity index is 637. The summed E-state index contributed by atoms with van der Waals surface area (Å²) in [6.07, 6.45) is 9.15. The van der Waals surface area contributed by atoms with Crippen molar-refractivity contribution in [3.05, 3.63) is 57.7 Å². The smallest absolute Gasteiger partial charge is 0.186 e. The van der Waals surface area contributed by atoms with Gasteiger partial charge in [-0.1, -0.05) is 34.9 Å². The summed E-state index contributed by atoms with van der Waals surface area (Å²) >= 11 is 0. The Morgan fingerprint density at radius 3 is 1.65 bits per heavy atom. The average Bonchev–Trinajstić information content (AvgIpc) is 2.44. The van der Waals surface area contributed by atoms with E-state index in [0.29, 0.717) is 36.0 Å². The number of carbonyl (C=O) groups is 2. The second kappa shape index (κ2) is 8.61. The van der Waals surface area contributed by atoms with E-state index in [-0.39, 0.29) is 11.6 Å². The van der Waals surface area contributed by atoms with Gasteiger partial charge in [0.25, 0.3) is 0 Å². The van der Waals surface area contributed by atoms with Gasteiger partial charge in [-0.05, 0) is 66.9 Å². The number of rotatable bonds is 6. The van der Waals surface area contributed by atoms with Crippen molar-refractivity contribution in [2.45, 2.75) is 60.8 Å². The molecule has 0 amide bonds. The lowest BCUT2D eigenvalue weighted by molar-refractivity contribution is -0.116. The molecule has 0 bridgehead atoms.